The molecule has 2 N–H and O–H groups in total. The first-order valence-corrected chi connectivity index (χ1v) is 8.86. The second-order valence-corrected chi connectivity index (χ2v) is 6.01. The number of ether oxygens (including phenoxy) is 1. The van der Waals surface area contributed by atoms with E-state index in [9.17, 15) is 0 Å². The molecule has 3 heterocycles. The van der Waals surface area contributed by atoms with Crippen LogP contribution in [-0.2, 0) is 11.3 Å². The summed E-state index contributed by atoms with van der Waals surface area (Å²) in [6.45, 7) is 8.95. The summed E-state index contributed by atoms with van der Waals surface area (Å²) >= 11 is 0. The van der Waals surface area contributed by atoms with Crippen molar-refractivity contribution in [3.8, 4) is 11.6 Å². The Kier molecular flexibility index (Phi) is 8.36. The van der Waals surface area contributed by atoms with Crippen LogP contribution in [0.15, 0.2) is 27.8 Å². The number of H-pyrrole nitrogens is 1. The first-order chi connectivity index (χ1) is 12.3. The molecule has 3 rings (SSSR count). The Balaban J connectivity index is 0.00000243. The quantitative estimate of drug-likeness (QED) is 0.364. The number of rotatable bonds is 7. The maximum absolute atomic E-state index is 5.55. The maximum Gasteiger partial charge on any atom is 0.216 e. The number of furan rings is 1. The monoisotopic (exact) mass is 474 g/mol. The fourth-order valence-electron chi connectivity index (χ4n) is 2.90. The molecule has 0 aliphatic carbocycles. The number of halogens is 1. The summed E-state index contributed by atoms with van der Waals surface area (Å²) in [7, 11) is 0. The maximum atomic E-state index is 5.55. The van der Waals surface area contributed by atoms with E-state index in [1.54, 1.807) is 6.26 Å². The van der Waals surface area contributed by atoms with Crippen LogP contribution in [-0.4, -0.2) is 58.9 Å². The van der Waals surface area contributed by atoms with Crippen molar-refractivity contribution in [3.63, 3.8) is 0 Å². The molecule has 9 heteroatoms. The Morgan fingerprint density at radius 2 is 2.38 bits per heavy atom. The lowest BCUT2D eigenvalue weighted by atomic mass is 10.1. The second kappa shape index (κ2) is 10.5. The number of nitrogens with zero attached hydrogens (tertiary/aromatic N) is 4. The van der Waals surface area contributed by atoms with Crippen LogP contribution in [0.25, 0.3) is 11.6 Å². The SMILES string of the molecule is CCNC(=NCc1nc(-c2ccco2)n[nH]1)N1CCC(COCC)C1.I. The molecule has 1 fully saturated rings. The normalized spacial score (nSPS) is 17.4. The number of aliphatic imine (C=N–C) groups is 1. The topological polar surface area (TPSA) is 91.6 Å². The van der Waals surface area contributed by atoms with Crippen molar-refractivity contribution >= 4 is 29.9 Å². The highest BCUT2D eigenvalue weighted by molar-refractivity contribution is 14.0. The van der Waals surface area contributed by atoms with Crippen molar-refractivity contribution in [1.82, 2.24) is 25.4 Å². The first-order valence-electron chi connectivity index (χ1n) is 8.86. The zero-order valence-corrected chi connectivity index (χ0v) is 17.6. The van der Waals surface area contributed by atoms with E-state index in [0.29, 0.717) is 29.9 Å². The van der Waals surface area contributed by atoms with Gasteiger partial charge >= 0.3 is 0 Å². The van der Waals surface area contributed by atoms with Gasteiger partial charge < -0.3 is 19.4 Å². The van der Waals surface area contributed by atoms with Crippen LogP contribution in [0, 0.1) is 5.92 Å². The first kappa shape index (κ1) is 20.7. The van der Waals surface area contributed by atoms with Gasteiger partial charge in [0, 0.05) is 32.2 Å². The summed E-state index contributed by atoms with van der Waals surface area (Å²) in [6, 6.07) is 3.65. The van der Waals surface area contributed by atoms with Crippen LogP contribution in [0.5, 0.6) is 0 Å². The van der Waals surface area contributed by atoms with Gasteiger partial charge in [0.1, 0.15) is 12.4 Å². The number of aromatic amines is 1. The molecule has 0 radical (unpaired) electrons. The van der Waals surface area contributed by atoms with Gasteiger partial charge in [-0.1, -0.05) is 0 Å². The van der Waals surface area contributed by atoms with Gasteiger partial charge in [-0.3, -0.25) is 5.10 Å². The molecule has 2 aromatic rings. The molecule has 2 aromatic heterocycles. The van der Waals surface area contributed by atoms with Gasteiger partial charge in [-0.05, 0) is 32.4 Å². The van der Waals surface area contributed by atoms with E-state index in [2.05, 4.69) is 32.3 Å². The second-order valence-electron chi connectivity index (χ2n) is 6.01. The van der Waals surface area contributed by atoms with Crippen molar-refractivity contribution in [2.75, 3.05) is 32.8 Å². The van der Waals surface area contributed by atoms with Gasteiger partial charge in [0.15, 0.2) is 11.7 Å². The van der Waals surface area contributed by atoms with Crippen molar-refractivity contribution in [2.45, 2.75) is 26.8 Å². The number of aromatic nitrogens is 3. The van der Waals surface area contributed by atoms with Crippen LogP contribution in [0.3, 0.4) is 0 Å². The molecule has 1 aliphatic rings. The van der Waals surface area contributed by atoms with Crippen LogP contribution in [0.2, 0.25) is 0 Å². The molecule has 1 saturated heterocycles. The van der Waals surface area contributed by atoms with E-state index in [4.69, 9.17) is 14.1 Å². The molecule has 1 unspecified atom stereocenters. The molecule has 0 aromatic carbocycles. The van der Waals surface area contributed by atoms with E-state index in [1.807, 2.05) is 19.1 Å². The number of hydrogen-bond donors (Lipinski definition) is 2. The Morgan fingerprint density at radius 3 is 3.12 bits per heavy atom. The molecule has 26 heavy (non-hydrogen) atoms. The summed E-state index contributed by atoms with van der Waals surface area (Å²) in [5.74, 6) is 3.40. The fraction of sp³-hybridized carbons (Fsp3) is 0.588. The minimum absolute atomic E-state index is 0. The van der Waals surface area contributed by atoms with Gasteiger partial charge in [-0.25, -0.2) is 9.98 Å². The summed E-state index contributed by atoms with van der Waals surface area (Å²) in [6.07, 6.45) is 2.74. The van der Waals surface area contributed by atoms with Gasteiger partial charge in [0.2, 0.25) is 5.82 Å². The molecular weight excluding hydrogens is 447 g/mol. The molecule has 8 nitrogen and oxygen atoms in total. The Morgan fingerprint density at radius 1 is 1.50 bits per heavy atom. The number of nitrogens with one attached hydrogen (secondary N) is 2. The van der Waals surface area contributed by atoms with Crippen molar-refractivity contribution in [1.29, 1.82) is 0 Å². The van der Waals surface area contributed by atoms with Crippen molar-refractivity contribution in [2.24, 2.45) is 10.9 Å². The predicted octanol–water partition coefficient (Wildman–Crippen LogP) is 2.51. The third-order valence-electron chi connectivity index (χ3n) is 4.13. The fourth-order valence-corrected chi connectivity index (χ4v) is 2.90. The molecule has 0 bridgehead atoms. The van der Waals surface area contributed by atoms with Crippen LogP contribution < -0.4 is 5.32 Å². The highest BCUT2D eigenvalue weighted by atomic mass is 127. The minimum atomic E-state index is 0. The molecule has 144 valence electrons. The summed E-state index contributed by atoms with van der Waals surface area (Å²) in [4.78, 5) is 11.4. The standard InChI is InChI=1S/C17H26N6O2.HI/c1-3-18-17(23-8-7-13(11-23)12-24-4-2)19-10-15-20-16(22-21-15)14-6-5-9-25-14;/h5-6,9,13H,3-4,7-8,10-12H2,1-2H3,(H,18,19)(H,20,21,22);1H. The Bertz CT molecular complexity index is 673. The van der Waals surface area contributed by atoms with Gasteiger partial charge in [-0.2, -0.15) is 0 Å². The summed E-state index contributed by atoms with van der Waals surface area (Å²) < 4.78 is 10.9. The molecule has 1 aliphatic heterocycles. The Labute approximate surface area is 170 Å². The van der Waals surface area contributed by atoms with E-state index >= 15 is 0 Å². The smallest absolute Gasteiger partial charge is 0.216 e. The predicted molar refractivity (Wildman–Crippen MR) is 110 cm³/mol. The van der Waals surface area contributed by atoms with Crippen LogP contribution in [0.4, 0.5) is 0 Å². The van der Waals surface area contributed by atoms with Crippen molar-refractivity contribution in [3.05, 3.63) is 24.2 Å². The lowest BCUT2D eigenvalue weighted by molar-refractivity contribution is 0.114. The highest BCUT2D eigenvalue weighted by Crippen LogP contribution is 2.17. The van der Waals surface area contributed by atoms with Gasteiger partial charge in [-0.15, -0.1) is 29.1 Å². The third-order valence-corrected chi connectivity index (χ3v) is 4.13. The summed E-state index contributed by atoms with van der Waals surface area (Å²) in [5, 5.41) is 10.5. The molecule has 0 saturated carbocycles. The number of likely N-dealkylation sites (tertiary alicyclic amines) is 1. The third kappa shape index (κ3) is 5.44. The van der Waals surface area contributed by atoms with Crippen LogP contribution >= 0.6 is 24.0 Å². The molecule has 1 atom stereocenters. The van der Waals surface area contributed by atoms with Gasteiger partial charge in [0.05, 0.1) is 12.9 Å². The van der Waals surface area contributed by atoms with E-state index in [0.717, 1.165) is 45.2 Å². The molecule has 0 spiro atoms. The Hall–Kier alpha value is -1.62. The number of hydrogen-bond acceptors (Lipinski definition) is 5. The molecular formula is C17H27IN6O2. The highest BCUT2D eigenvalue weighted by Gasteiger charge is 2.24. The van der Waals surface area contributed by atoms with Crippen LogP contribution in [0.1, 0.15) is 26.1 Å². The lowest BCUT2D eigenvalue weighted by Crippen LogP contribution is -2.40. The van der Waals surface area contributed by atoms with E-state index < -0.39 is 0 Å². The van der Waals surface area contributed by atoms with Gasteiger partial charge in [0.25, 0.3) is 0 Å². The zero-order chi connectivity index (χ0) is 17.5. The average Bonchev–Trinajstić information content (AvgIpc) is 3.38. The molecule has 0 amide bonds. The van der Waals surface area contributed by atoms with E-state index in [1.165, 1.54) is 0 Å². The van der Waals surface area contributed by atoms with Crippen molar-refractivity contribution < 1.29 is 9.15 Å². The minimum Gasteiger partial charge on any atom is -0.461 e. The lowest BCUT2D eigenvalue weighted by Gasteiger charge is -2.21. The zero-order valence-electron chi connectivity index (χ0n) is 15.3. The number of guanidine groups is 1. The summed E-state index contributed by atoms with van der Waals surface area (Å²) in [5.41, 5.74) is 0. The van der Waals surface area contributed by atoms with E-state index in [-0.39, 0.29) is 24.0 Å². The largest absolute Gasteiger partial charge is 0.461 e. The average molecular weight is 474 g/mol.